The van der Waals surface area contributed by atoms with E-state index in [0.717, 1.165) is 31.3 Å². The zero-order chi connectivity index (χ0) is 16.7. The van der Waals surface area contributed by atoms with Crippen LogP contribution in [0.25, 0.3) is 10.9 Å². The Morgan fingerprint density at radius 1 is 1.17 bits per heavy atom. The van der Waals surface area contributed by atoms with Crippen LogP contribution in [0.2, 0.25) is 5.02 Å². The third kappa shape index (κ3) is 2.58. The van der Waals surface area contributed by atoms with Crippen molar-refractivity contribution in [2.24, 2.45) is 0 Å². The van der Waals surface area contributed by atoms with Gasteiger partial charge in [-0.3, -0.25) is 9.78 Å². The summed E-state index contributed by atoms with van der Waals surface area (Å²) in [6.07, 6.45) is 6.32. The van der Waals surface area contributed by atoms with E-state index < -0.39 is 0 Å². The lowest BCUT2D eigenvalue weighted by Gasteiger charge is -2.33. The summed E-state index contributed by atoms with van der Waals surface area (Å²) in [5.41, 5.74) is 1.38. The smallest absolute Gasteiger partial charge is 0.256 e. The van der Waals surface area contributed by atoms with Crippen LogP contribution in [-0.4, -0.2) is 52.9 Å². The molecule has 0 bridgehead atoms. The van der Waals surface area contributed by atoms with Crippen molar-refractivity contribution in [3.63, 3.8) is 0 Å². The van der Waals surface area contributed by atoms with E-state index in [4.69, 9.17) is 11.6 Å². The summed E-state index contributed by atoms with van der Waals surface area (Å²) in [4.78, 5) is 22.2. The van der Waals surface area contributed by atoms with E-state index in [1.54, 1.807) is 6.20 Å². The number of carbonyl (C=O) groups is 1. The van der Waals surface area contributed by atoms with Crippen LogP contribution in [0.15, 0.2) is 30.5 Å². The number of amides is 1. The van der Waals surface area contributed by atoms with Gasteiger partial charge in [0.1, 0.15) is 0 Å². The highest BCUT2D eigenvalue weighted by Gasteiger charge is 2.39. The molecule has 0 saturated carbocycles. The van der Waals surface area contributed by atoms with E-state index in [-0.39, 0.29) is 5.91 Å². The van der Waals surface area contributed by atoms with Crippen molar-refractivity contribution in [1.29, 1.82) is 0 Å². The van der Waals surface area contributed by atoms with Gasteiger partial charge in [0.25, 0.3) is 5.91 Å². The number of fused-ring (bicyclic) bond motifs is 1. The predicted octanol–water partition coefficient (Wildman–Crippen LogP) is 3.59. The average Bonchev–Trinajstić information content (AvgIpc) is 3.23. The fourth-order valence-corrected chi connectivity index (χ4v) is 4.55. The van der Waals surface area contributed by atoms with Crippen LogP contribution >= 0.6 is 11.6 Å². The van der Waals surface area contributed by atoms with Gasteiger partial charge in [0, 0.05) is 30.2 Å². The first-order valence-corrected chi connectivity index (χ1v) is 9.09. The summed E-state index contributed by atoms with van der Waals surface area (Å²) in [7, 11) is 2.18. The molecule has 2 atom stereocenters. The van der Waals surface area contributed by atoms with Crippen molar-refractivity contribution in [2.75, 3.05) is 20.1 Å². The van der Waals surface area contributed by atoms with E-state index in [1.807, 2.05) is 24.3 Å². The van der Waals surface area contributed by atoms with Gasteiger partial charge >= 0.3 is 0 Å². The second-order valence-electron chi connectivity index (χ2n) is 6.89. The molecule has 0 N–H and O–H groups in total. The third-order valence-corrected chi connectivity index (χ3v) is 5.86. The highest BCUT2D eigenvalue weighted by atomic mass is 35.5. The Bertz CT molecular complexity index is 778. The van der Waals surface area contributed by atoms with Gasteiger partial charge in [0.05, 0.1) is 16.1 Å². The summed E-state index contributed by atoms with van der Waals surface area (Å²) in [6, 6.07) is 8.23. The summed E-state index contributed by atoms with van der Waals surface area (Å²) in [6.45, 7) is 1.97. The molecule has 5 heteroatoms. The van der Waals surface area contributed by atoms with Gasteiger partial charge in [-0.2, -0.15) is 0 Å². The number of hydrogen-bond donors (Lipinski definition) is 0. The quantitative estimate of drug-likeness (QED) is 0.836. The molecule has 0 spiro atoms. The first-order valence-electron chi connectivity index (χ1n) is 8.71. The molecule has 2 fully saturated rings. The Labute approximate surface area is 147 Å². The van der Waals surface area contributed by atoms with Crippen LogP contribution in [0.3, 0.4) is 0 Å². The monoisotopic (exact) mass is 343 g/mol. The van der Waals surface area contributed by atoms with Gasteiger partial charge in [-0.25, -0.2) is 0 Å². The number of rotatable bonds is 2. The van der Waals surface area contributed by atoms with Gasteiger partial charge in [-0.1, -0.05) is 11.6 Å². The fourth-order valence-electron chi connectivity index (χ4n) is 4.33. The third-order valence-electron chi connectivity index (χ3n) is 5.53. The van der Waals surface area contributed by atoms with Crippen LogP contribution in [0, 0.1) is 0 Å². The maximum Gasteiger partial charge on any atom is 0.256 e. The number of likely N-dealkylation sites (tertiary alicyclic amines) is 2. The lowest BCUT2D eigenvalue weighted by Crippen LogP contribution is -2.47. The highest BCUT2D eigenvalue weighted by Crippen LogP contribution is 2.32. The zero-order valence-corrected chi connectivity index (χ0v) is 14.7. The molecule has 1 aromatic heterocycles. The minimum Gasteiger partial charge on any atom is -0.334 e. The van der Waals surface area contributed by atoms with Crippen LogP contribution in [0.5, 0.6) is 0 Å². The molecule has 2 aliphatic heterocycles. The molecular weight excluding hydrogens is 322 g/mol. The lowest BCUT2D eigenvalue weighted by atomic mass is 10.0. The largest absolute Gasteiger partial charge is 0.334 e. The summed E-state index contributed by atoms with van der Waals surface area (Å²) < 4.78 is 0. The van der Waals surface area contributed by atoms with Gasteiger partial charge in [0.2, 0.25) is 0 Å². The molecule has 4 rings (SSSR count). The molecular formula is C19H22ClN3O. The Hall–Kier alpha value is -1.65. The van der Waals surface area contributed by atoms with E-state index in [0.29, 0.717) is 28.2 Å². The minimum atomic E-state index is 0.0955. The molecule has 1 amide bonds. The van der Waals surface area contributed by atoms with Crippen LogP contribution in [0.1, 0.15) is 36.0 Å². The average molecular weight is 344 g/mol. The molecule has 2 aromatic rings. The number of carbonyl (C=O) groups excluding carboxylic acids is 1. The molecule has 126 valence electrons. The zero-order valence-electron chi connectivity index (χ0n) is 13.9. The highest BCUT2D eigenvalue weighted by molar-refractivity contribution is 6.36. The SMILES string of the molecule is CN1CCC[C@@H]1[C@H]1CCCN1C(=O)c1ccc(Cl)c2cccnc12. The fraction of sp³-hybridized carbons (Fsp3) is 0.474. The Morgan fingerprint density at radius 2 is 1.96 bits per heavy atom. The van der Waals surface area contributed by atoms with Crippen molar-refractivity contribution < 1.29 is 4.79 Å². The van der Waals surface area contributed by atoms with Crippen molar-refractivity contribution in [1.82, 2.24) is 14.8 Å². The second-order valence-corrected chi connectivity index (χ2v) is 7.30. The van der Waals surface area contributed by atoms with E-state index in [1.165, 1.54) is 12.8 Å². The van der Waals surface area contributed by atoms with E-state index >= 15 is 0 Å². The molecule has 1 aromatic carbocycles. The molecule has 2 aliphatic rings. The number of pyridine rings is 1. The summed E-state index contributed by atoms with van der Waals surface area (Å²) >= 11 is 6.27. The molecule has 4 nitrogen and oxygen atoms in total. The Balaban J connectivity index is 1.69. The molecule has 24 heavy (non-hydrogen) atoms. The lowest BCUT2D eigenvalue weighted by molar-refractivity contribution is 0.0666. The number of hydrogen-bond acceptors (Lipinski definition) is 3. The first-order chi connectivity index (χ1) is 11.7. The number of nitrogens with zero attached hydrogens (tertiary/aromatic N) is 3. The predicted molar refractivity (Wildman–Crippen MR) is 96.5 cm³/mol. The van der Waals surface area contributed by atoms with Gasteiger partial charge in [-0.05, 0) is 63.5 Å². The topological polar surface area (TPSA) is 36.4 Å². The van der Waals surface area contributed by atoms with Gasteiger partial charge < -0.3 is 9.80 Å². The molecule has 2 saturated heterocycles. The normalized spacial score (nSPS) is 24.8. The number of likely N-dealkylation sites (N-methyl/N-ethyl adjacent to an activating group) is 1. The van der Waals surface area contributed by atoms with Crippen molar-refractivity contribution >= 4 is 28.4 Å². The number of benzene rings is 1. The second kappa shape index (κ2) is 6.34. The number of aromatic nitrogens is 1. The molecule has 0 unspecified atom stereocenters. The molecule has 0 radical (unpaired) electrons. The van der Waals surface area contributed by atoms with E-state index in [9.17, 15) is 4.79 Å². The van der Waals surface area contributed by atoms with E-state index in [2.05, 4.69) is 21.8 Å². The maximum absolute atomic E-state index is 13.3. The first kappa shape index (κ1) is 15.9. The summed E-state index contributed by atoms with van der Waals surface area (Å²) in [5, 5.41) is 1.49. The molecule has 0 aliphatic carbocycles. The number of halogens is 1. The summed E-state index contributed by atoms with van der Waals surface area (Å²) in [5.74, 6) is 0.0955. The molecule has 3 heterocycles. The Morgan fingerprint density at radius 3 is 2.75 bits per heavy atom. The van der Waals surface area contributed by atoms with Gasteiger partial charge in [0.15, 0.2) is 0 Å². The Kier molecular flexibility index (Phi) is 4.19. The van der Waals surface area contributed by atoms with Crippen molar-refractivity contribution in [3.8, 4) is 0 Å². The standard InChI is InChI=1S/C19H22ClN3O/c1-22-11-3-6-16(22)17-7-4-12-23(17)19(24)14-8-9-15(20)13-5-2-10-21-18(13)14/h2,5,8-10,16-17H,3-4,6-7,11-12H2,1H3/t16-,17-/m1/s1. The minimum absolute atomic E-state index is 0.0955. The maximum atomic E-state index is 13.3. The van der Waals surface area contributed by atoms with Gasteiger partial charge in [-0.15, -0.1) is 0 Å². The van der Waals surface area contributed by atoms with Crippen LogP contribution < -0.4 is 0 Å². The van der Waals surface area contributed by atoms with Crippen molar-refractivity contribution in [3.05, 3.63) is 41.0 Å². The van der Waals surface area contributed by atoms with Crippen LogP contribution in [-0.2, 0) is 0 Å². The van der Waals surface area contributed by atoms with Crippen LogP contribution in [0.4, 0.5) is 0 Å². The van der Waals surface area contributed by atoms with Crippen molar-refractivity contribution in [2.45, 2.75) is 37.8 Å².